The second kappa shape index (κ2) is 10.4. The first kappa shape index (κ1) is 21.3. The van der Waals surface area contributed by atoms with Crippen molar-refractivity contribution in [2.45, 2.75) is 39.3 Å². The number of hydrogen-bond acceptors (Lipinski definition) is 4. The zero-order chi connectivity index (χ0) is 19.8. The van der Waals surface area contributed by atoms with Gasteiger partial charge in [0.1, 0.15) is 5.82 Å². The summed E-state index contributed by atoms with van der Waals surface area (Å²) < 4.78 is 13.0. The number of carbonyl (C=O) groups is 2. The van der Waals surface area contributed by atoms with E-state index in [9.17, 15) is 14.0 Å². The summed E-state index contributed by atoms with van der Waals surface area (Å²) in [5, 5.41) is 5.93. The van der Waals surface area contributed by atoms with Crippen molar-refractivity contribution in [1.29, 1.82) is 0 Å². The summed E-state index contributed by atoms with van der Waals surface area (Å²) in [7, 11) is 0. The first-order chi connectivity index (χ1) is 12.9. The van der Waals surface area contributed by atoms with Crippen LogP contribution < -0.4 is 10.6 Å². The topological polar surface area (TPSA) is 64.7 Å². The van der Waals surface area contributed by atoms with Crippen molar-refractivity contribution in [3.63, 3.8) is 0 Å². The minimum Gasteiger partial charge on any atom is -0.353 e. The summed E-state index contributed by atoms with van der Waals surface area (Å²) in [6, 6.07) is 6.20. The van der Waals surface area contributed by atoms with Crippen LogP contribution in [0.4, 0.5) is 4.39 Å². The van der Waals surface area contributed by atoms with E-state index in [0.717, 1.165) is 38.2 Å². The predicted octanol–water partition coefficient (Wildman–Crippen LogP) is 1.54. The van der Waals surface area contributed by atoms with Crippen molar-refractivity contribution in [3.8, 4) is 0 Å². The van der Waals surface area contributed by atoms with Crippen LogP contribution in [0.25, 0.3) is 0 Å². The first-order valence-electron chi connectivity index (χ1n) is 9.66. The van der Waals surface area contributed by atoms with Gasteiger partial charge in [-0.2, -0.15) is 0 Å². The van der Waals surface area contributed by atoms with Gasteiger partial charge in [-0.1, -0.05) is 19.1 Å². The van der Waals surface area contributed by atoms with Crippen LogP contribution in [-0.4, -0.2) is 66.9 Å². The summed E-state index contributed by atoms with van der Waals surface area (Å²) in [6.45, 7) is 9.74. The monoisotopic (exact) mass is 378 g/mol. The molecule has 0 radical (unpaired) electrons. The number of piperazine rings is 1. The second-order valence-corrected chi connectivity index (χ2v) is 7.27. The Bertz CT molecular complexity index is 615. The van der Waals surface area contributed by atoms with E-state index in [2.05, 4.69) is 20.4 Å². The Morgan fingerprint density at radius 3 is 1.93 bits per heavy atom. The van der Waals surface area contributed by atoms with E-state index in [4.69, 9.17) is 0 Å². The predicted molar refractivity (Wildman–Crippen MR) is 104 cm³/mol. The molecule has 2 unspecified atom stereocenters. The lowest BCUT2D eigenvalue weighted by Crippen LogP contribution is -2.52. The van der Waals surface area contributed by atoms with Crippen LogP contribution in [0.15, 0.2) is 24.3 Å². The molecule has 0 saturated carbocycles. The SMILES string of the molecule is CCC(C)NC(=O)CN1CCN(CC(=O)NC(C)c2ccc(F)cc2)CC1. The molecule has 27 heavy (non-hydrogen) atoms. The van der Waals surface area contributed by atoms with Gasteiger partial charge in [-0.3, -0.25) is 19.4 Å². The lowest BCUT2D eigenvalue weighted by molar-refractivity contribution is -0.125. The van der Waals surface area contributed by atoms with Crippen LogP contribution in [0.5, 0.6) is 0 Å². The Hall–Kier alpha value is -1.99. The fourth-order valence-corrected chi connectivity index (χ4v) is 3.06. The minimum atomic E-state index is -0.284. The van der Waals surface area contributed by atoms with Gasteiger partial charge in [0.15, 0.2) is 0 Å². The zero-order valence-corrected chi connectivity index (χ0v) is 16.5. The fourth-order valence-electron chi connectivity index (χ4n) is 3.06. The molecule has 1 aromatic carbocycles. The second-order valence-electron chi connectivity index (χ2n) is 7.27. The summed E-state index contributed by atoms with van der Waals surface area (Å²) in [5.74, 6) is -0.272. The fraction of sp³-hybridized carbons (Fsp3) is 0.600. The molecule has 2 atom stereocenters. The Labute approximate surface area is 161 Å². The van der Waals surface area contributed by atoms with Gasteiger partial charge in [0.25, 0.3) is 0 Å². The number of hydrogen-bond donors (Lipinski definition) is 2. The van der Waals surface area contributed by atoms with Gasteiger partial charge in [-0.25, -0.2) is 4.39 Å². The highest BCUT2D eigenvalue weighted by molar-refractivity contribution is 5.79. The van der Waals surface area contributed by atoms with Crippen LogP contribution >= 0.6 is 0 Å². The van der Waals surface area contributed by atoms with Crippen molar-refractivity contribution in [2.24, 2.45) is 0 Å². The van der Waals surface area contributed by atoms with Crippen LogP contribution in [0.1, 0.15) is 38.8 Å². The molecule has 1 aliphatic heterocycles. The number of benzene rings is 1. The summed E-state index contributed by atoms with van der Waals surface area (Å²) in [5.41, 5.74) is 0.877. The lowest BCUT2D eigenvalue weighted by atomic mass is 10.1. The number of carbonyl (C=O) groups excluding carboxylic acids is 2. The van der Waals surface area contributed by atoms with Gasteiger partial charge in [0, 0.05) is 32.2 Å². The van der Waals surface area contributed by atoms with E-state index in [1.165, 1.54) is 12.1 Å². The molecule has 1 fully saturated rings. The molecule has 1 heterocycles. The van der Waals surface area contributed by atoms with Gasteiger partial charge in [-0.15, -0.1) is 0 Å². The minimum absolute atomic E-state index is 0.0465. The number of nitrogens with one attached hydrogen (secondary N) is 2. The van der Waals surface area contributed by atoms with Crippen LogP contribution in [0, 0.1) is 5.82 Å². The average molecular weight is 378 g/mol. The van der Waals surface area contributed by atoms with E-state index in [0.29, 0.717) is 13.1 Å². The molecule has 2 rings (SSSR count). The van der Waals surface area contributed by atoms with Gasteiger partial charge < -0.3 is 10.6 Å². The molecule has 1 saturated heterocycles. The number of halogens is 1. The molecule has 0 aromatic heterocycles. The van der Waals surface area contributed by atoms with Crippen LogP contribution in [0.2, 0.25) is 0 Å². The molecule has 0 spiro atoms. The van der Waals surface area contributed by atoms with E-state index in [1.54, 1.807) is 12.1 Å². The van der Waals surface area contributed by atoms with Crippen molar-refractivity contribution in [3.05, 3.63) is 35.6 Å². The summed E-state index contributed by atoms with van der Waals surface area (Å²) in [4.78, 5) is 28.4. The number of amides is 2. The maximum absolute atomic E-state index is 13.0. The highest BCUT2D eigenvalue weighted by atomic mass is 19.1. The Morgan fingerprint density at radius 1 is 0.963 bits per heavy atom. The molecule has 6 nitrogen and oxygen atoms in total. The molecule has 2 amide bonds. The highest BCUT2D eigenvalue weighted by Gasteiger charge is 2.21. The Balaban J connectivity index is 1.69. The first-order valence-corrected chi connectivity index (χ1v) is 9.66. The standard InChI is InChI=1S/C20H31FN4O2/c1-4-15(2)22-19(26)13-24-9-11-25(12-10-24)14-20(27)23-16(3)17-5-7-18(21)8-6-17/h5-8,15-16H,4,9-14H2,1-3H3,(H,22,26)(H,23,27). The number of nitrogens with zero attached hydrogens (tertiary/aromatic N) is 2. The van der Waals surface area contributed by atoms with Gasteiger partial charge in [-0.05, 0) is 38.0 Å². The normalized spacial score (nSPS) is 17.9. The van der Waals surface area contributed by atoms with E-state index in [1.807, 2.05) is 20.8 Å². The summed E-state index contributed by atoms with van der Waals surface area (Å²) in [6.07, 6.45) is 0.922. The van der Waals surface area contributed by atoms with Crippen LogP contribution in [-0.2, 0) is 9.59 Å². The maximum atomic E-state index is 13.0. The van der Waals surface area contributed by atoms with Crippen molar-refractivity contribution in [2.75, 3.05) is 39.3 Å². The highest BCUT2D eigenvalue weighted by Crippen LogP contribution is 2.12. The van der Waals surface area contributed by atoms with Crippen molar-refractivity contribution < 1.29 is 14.0 Å². The maximum Gasteiger partial charge on any atom is 0.234 e. The third-order valence-electron chi connectivity index (χ3n) is 4.97. The molecule has 1 aliphatic rings. The van der Waals surface area contributed by atoms with Gasteiger partial charge in [0.2, 0.25) is 11.8 Å². The molecule has 2 N–H and O–H groups in total. The summed E-state index contributed by atoms with van der Waals surface area (Å²) >= 11 is 0. The Morgan fingerprint density at radius 2 is 1.44 bits per heavy atom. The molecule has 0 bridgehead atoms. The number of rotatable bonds is 8. The van der Waals surface area contributed by atoms with E-state index < -0.39 is 0 Å². The molecular weight excluding hydrogens is 347 g/mol. The molecule has 0 aliphatic carbocycles. The third-order valence-corrected chi connectivity index (χ3v) is 4.97. The smallest absolute Gasteiger partial charge is 0.234 e. The average Bonchev–Trinajstić information content (AvgIpc) is 2.63. The molecule has 7 heteroatoms. The largest absolute Gasteiger partial charge is 0.353 e. The lowest BCUT2D eigenvalue weighted by Gasteiger charge is -2.34. The molecular formula is C20H31FN4O2. The molecule has 150 valence electrons. The molecule has 1 aromatic rings. The van der Waals surface area contributed by atoms with Crippen LogP contribution in [0.3, 0.4) is 0 Å². The third kappa shape index (κ3) is 7.27. The quantitative estimate of drug-likeness (QED) is 0.720. The van der Waals surface area contributed by atoms with E-state index >= 15 is 0 Å². The Kier molecular flexibility index (Phi) is 8.19. The van der Waals surface area contributed by atoms with Crippen molar-refractivity contribution >= 4 is 11.8 Å². The van der Waals surface area contributed by atoms with Gasteiger partial charge >= 0.3 is 0 Å². The van der Waals surface area contributed by atoms with Crippen molar-refractivity contribution in [1.82, 2.24) is 20.4 Å². The van der Waals surface area contributed by atoms with Gasteiger partial charge in [0.05, 0.1) is 19.1 Å². The zero-order valence-electron chi connectivity index (χ0n) is 16.5. The van der Waals surface area contributed by atoms with E-state index in [-0.39, 0.29) is 29.7 Å².